The third kappa shape index (κ3) is 2.74. The van der Waals surface area contributed by atoms with E-state index in [4.69, 9.17) is 5.11 Å². The van der Waals surface area contributed by atoms with Crippen molar-refractivity contribution in [3.8, 4) is 0 Å². The van der Waals surface area contributed by atoms with Gasteiger partial charge in [-0.05, 0) is 30.5 Å². The highest BCUT2D eigenvalue weighted by molar-refractivity contribution is 5.74. The summed E-state index contributed by atoms with van der Waals surface area (Å²) in [6.07, 6.45) is -0.831. The first-order chi connectivity index (χ1) is 9.40. The molecule has 0 aliphatic carbocycles. The molecule has 6 heteroatoms. The van der Waals surface area contributed by atoms with Crippen molar-refractivity contribution in [3.63, 3.8) is 0 Å². The van der Waals surface area contributed by atoms with Gasteiger partial charge in [-0.25, -0.2) is 9.18 Å². The number of piperidine rings is 1. The number of halogens is 1. The maximum absolute atomic E-state index is 14.0. The molecule has 108 valence electrons. The number of carboxylic acid groups (broad SMARTS) is 2. The van der Waals surface area contributed by atoms with Crippen LogP contribution < -0.4 is 0 Å². The van der Waals surface area contributed by atoms with Crippen molar-refractivity contribution in [1.29, 1.82) is 0 Å². The Morgan fingerprint density at radius 2 is 2.05 bits per heavy atom. The van der Waals surface area contributed by atoms with E-state index in [9.17, 15) is 19.1 Å². The number of amides is 1. The van der Waals surface area contributed by atoms with Gasteiger partial charge in [0.15, 0.2) is 0 Å². The van der Waals surface area contributed by atoms with Gasteiger partial charge in [-0.3, -0.25) is 4.79 Å². The molecule has 2 rings (SSSR count). The molecule has 1 aromatic carbocycles. The number of aryl methyl sites for hydroxylation is 1. The number of rotatable bonds is 2. The molecule has 1 amide bonds. The average Bonchev–Trinajstić information content (AvgIpc) is 2.38. The normalized spacial score (nSPS) is 22.6. The molecule has 2 N–H and O–H groups in total. The van der Waals surface area contributed by atoms with Gasteiger partial charge in [0, 0.05) is 19.0 Å². The molecule has 1 saturated heterocycles. The third-order valence-electron chi connectivity index (χ3n) is 3.76. The largest absolute Gasteiger partial charge is 0.481 e. The molecule has 0 radical (unpaired) electrons. The van der Waals surface area contributed by atoms with Gasteiger partial charge in [-0.2, -0.15) is 0 Å². The lowest BCUT2D eigenvalue weighted by atomic mass is 9.80. The van der Waals surface area contributed by atoms with Gasteiger partial charge in [-0.1, -0.05) is 12.1 Å². The van der Waals surface area contributed by atoms with Gasteiger partial charge in [0.05, 0.1) is 5.92 Å². The lowest BCUT2D eigenvalue weighted by Crippen LogP contribution is -2.45. The fourth-order valence-electron chi connectivity index (χ4n) is 2.68. The third-order valence-corrected chi connectivity index (χ3v) is 3.76. The van der Waals surface area contributed by atoms with Gasteiger partial charge < -0.3 is 15.1 Å². The highest BCUT2D eigenvalue weighted by atomic mass is 19.1. The minimum atomic E-state index is -1.14. The Hall–Kier alpha value is -2.11. The summed E-state index contributed by atoms with van der Waals surface area (Å²) in [6.45, 7) is 1.87. The lowest BCUT2D eigenvalue weighted by molar-refractivity contribution is -0.144. The van der Waals surface area contributed by atoms with E-state index in [1.807, 2.05) is 0 Å². The van der Waals surface area contributed by atoms with Gasteiger partial charge in [0.25, 0.3) is 0 Å². The van der Waals surface area contributed by atoms with Crippen LogP contribution >= 0.6 is 0 Å². The summed E-state index contributed by atoms with van der Waals surface area (Å²) < 4.78 is 14.0. The summed E-state index contributed by atoms with van der Waals surface area (Å²) in [4.78, 5) is 23.3. The Kier molecular flexibility index (Phi) is 3.92. The number of carbonyl (C=O) groups is 2. The molecule has 0 saturated carbocycles. The van der Waals surface area contributed by atoms with E-state index in [1.165, 1.54) is 6.07 Å². The fraction of sp³-hybridized carbons (Fsp3) is 0.429. The van der Waals surface area contributed by atoms with Crippen LogP contribution in [0.4, 0.5) is 9.18 Å². The SMILES string of the molecule is Cc1ccc([C@@H]2CCN(C(=O)O)C[C@@H]2C(=O)O)c(F)c1. The zero-order valence-electron chi connectivity index (χ0n) is 11.0. The fourth-order valence-corrected chi connectivity index (χ4v) is 2.68. The highest BCUT2D eigenvalue weighted by Crippen LogP contribution is 2.35. The van der Waals surface area contributed by atoms with Crippen molar-refractivity contribution in [2.75, 3.05) is 13.1 Å². The second-order valence-electron chi connectivity index (χ2n) is 5.09. The molecule has 0 aromatic heterocycles. The zero-order valence-corrected chi connectivity index (χ0v) is 11.0. The molecule has 1 aliphatic rings. The quantitative estimate of drug-likeness (QED) is 0.872. The average molecular weight is 281 g/mol. The molecule has 0 bridgehead atoms. The molecule has 0 unspecified atom stereocenters. The van der Waals surface area contributed by atoms with Crippen molar-refractivity contribution in [2.45, 2.75) is 19.3 Å². The monoisotopic (exact) mass is 281 g/mol. The molecule has 5 nitrogen and oxygen atoms in total. The van der Waals surface area contributed by atoms with Crippen molar-refractivity contribution in [1.82, 2.24) is 4.90 Å². The molecule has 20 heavy (non-hydrogen) atoms. The number of carboxylic acids is 1. The van der Waals surface area contributed by atoms with Crippen molar-refractivity contribution < 1.29 is 24.2 Å². The van der Waals surface area contributed by atoms with Crippen molar-refractivity contribution >= 4 is 12.1 Å². The summed E-state index contributed by atoms with van der Waals surface area (Å²) in [7, 11) is 0. The first-order valence-electron chi connectivity index (χ1n) is 6.37. The summed E-state index contributed by atoms with van der Waals surface area (Å²) in [5.74, 6) is -2.94. The maximum Gasteiger partial charge on any atom is 0.407 e. The van der Waals surface area contributed by atoms with E-state index >= 15 is 0 Å². The van der Waals surface area contributed by atoms with E-state index in [1.54, 1.807) is 19.1 Å². The van der Waals surface area contributed by atoms with Crippen LogP contribution in [0.15, 0.2) is 18.2 Å². The standard InChI is InChI=1S/C14H16FNO4/c1-8-2-3-10(12(15)6-8)9-4-5-16(14(19)20)7-11(9)13(17)18/h2-3,6,9,11H,4-5,7H2,1H3,(H,17,18)(H,19,20)/t9-,11-/m0/s1. The minimum absolute atomic E-state index is 0.108. The Bertz CT molecular complexity index is 546. The van der Waals surface area contributed by atoms with Gasteiger partial charge in [0.2, 0.25) is 0 Å². The second kappa shape index (κ2) is 5.48. The number of likely N-dealkylation sites (tertiary alicyclic amines) is 1. The molecule has 1 fully saturated rings. The summed E-state index contributed by atoms with van der Waals surface area (Å²) in [5, 5.41) is 18.2. The van der Waals surface area contributed by atoms with Crippen LogP contribution in [-0.2, 0) is 4.79 Å². The predicted molar refractivity (Wildman–Crippen MR) is 69.2 cm³/mol. The summed E-state index contributed by atoms with van der Waals surface area (Å²) >= 11 is 0. The van der Waals surface area contributed by atoms with Gasteiger partial charge >= 0.3 is 12.1 Å². The number of aliphatic carboxylic acids is 1. The topological polar surface area (TPSA) is 77.8 Å². The number of nitrogens with zero attached hydrogens (tertiary/aromatic N) is 1. The van der Waals surface area contributed by atoms with Crippen LogP contribution in [0.1, 0.15) is 23.5 Å². The van der Waals surface area contributed by atoms with Crippen LogP contribution in [0.5, 0.6) is 0 Å². The zero-order chi connectivity index (χ0) is 14.9. The maximum atomic E-state index is 14.0. The van der Waals surface area contributed by atoms with E-state index in [2.05, 4.69) is 0 Å². The molecular formula is C14H16FNO4. The lowest BCUT2D eigenvalue weighted by Gasteiger charge is -2.35. The van der Waals surface area contributed by atoms with Crippen molar-refractivity contribution in [3.05, 3.63) is 35.1 Å². The number of hydrogen-bond donors (Lipinski definition) is 2. The Balaban J connectivity index is 2.30. The summed E-state index contributed by atoms with van der Waals surface area (Å²) in [5.41, 5.74) is 1.12. The Morgan fingerprint density at radius 3 is 2.60 bits per heavy atom. The van der Waals surface area contributed by atoms with E-state index in [0.29, 0.717) is 12.0 Å². The molecule has 2 atom stereocenters. The minimum Gasteiger partial charge on any atom is -0.481 e. The first kappa shape index (κ1) is 14.3. The van der Waals surface area contributed by atoms with Crippen molar-refractivity contribution in [2.24, 2.45) is 5.92 Å². The van der Waals surface area contributed by atoms with Gasteiger partial charge in [-0.15, -0.1) is 0 Å². The number of benzene rings is 1. The molecule has 1 heterocycles. The Labute approximate surface area is 115 Å². The molecular weight excluding hydrogens is 265 g/mol. The molecule has 1 aromatic rings. The van der Waals surface area contributed by atoms with Crippen LogP contribution in [0.2, 0.25) is 0 Å². The van der Waals surface area contributed by atoms with Crippen LogP contribution in [-0.4, -0.2) is 40.3 Å². The molecule has 0 spiro atoms. The molecule has 1 aliphatic heterocycles. The smallest absolute Gasteiger partial charge is 0.407 e. The van der Waals surface area contributed by atoms with E-state index in [-0.39, 0.29) is 13.1 Å². The second-order valence-corrected chi connectivity index (χ2v) is 5.09. The Morgan fingerprint density at radius 1 is 1.35 bits per heavy atom. The van der Waals surface area contributed by atoms with Crippen LogP contribution in [0.25, 0.3) is 0 Å². The van der Waals surface area contributed by atoms with E-state index < -0.39 is 29.7 Å². The van der Waals surface area contributed by atoms with E-state index in [0.717, 1.165) is 10.5 Å². The predicted octanol–water partition coefficient (Wildman–Crippen LogP) is 2.30. The van der Waals surface area contributed by atoms with Gasteiger partial charge in [0.1, 0.15) is 5.82 Å². The summed E-state index contributed by atoms with van der Waals surface area (Å²) in [6, 6.07) is 4.71. The highest BCUT2D eigenvalue weighted by Gasteiger charge is 2.38. The first-order valence-corrected chi connectivity index (χ1v) is 6.37. The van der Waals surface area contributed by atoms with Crippen LogP contribution in [0, 0.1) is 18.7 Å². The number of hydrogen-bond acceptors (Lipinski definition) is 2. The van der Waals surface area contributed by atoms with Crippen LogP contribution in [0.3, 0.4) is 0 Å².